The van der Waals surface area contributed by atoms with Crippen LogP contribution in [0.15, 0.2) is 29.4 Å². The number of thioether (sulfide) groups is 1. The van der Waals surface area contributed by atoms with Gasteiger partial charge in [-0.25, -0.2) is 0 Å². The summed E-state index contributed by atoms with van der Waals surface area (Å²) >= 11 is 1.21. The number of likely N-dealkylation sites (N-methyl/N-ethyl adjacent to an activating group) is 1. The van der Waals surface area contributed by atoms with E-state index < -0.39 is 5.97 Å². The summed E-state index contributed by atoms with van der Waals surface area (Å²) in [5, 5.41) is 12.1. The van der Waals surface area contributed by atoms with E-state index in [1.54, 1.807) is 18.7 Å². The Hall–Kier alpha value is -2.42. The van der Waals surface area contributed by atoms with Crippen molar-refractivity contribution < 1.29 is 14.3 Å². The molecule has 24 heavy (non-hydrogen) atoms. The third kappa shape index (κ3) is 4.79. The number of esters is 1. The molecule has 0 saturated heterocycles. The van der Waals surface area contributed by atoms with Gasteiger partial charge in [0.1, 0.15) is 6.54 Å². The topological polar surface area (TPSA) is 90.2 Å². The van der Waals surface area contributed by atoms with Crippen molar-refractivity contribution in [1.29, 1.82) is 0 Å². The summed E-state index contributed by atoms with van der Waals surface area (Å²) in [6, 6.07) is 7.74. The zero-order valence-corrected chi connectivity index (χ0v) is 14.6. The fraction of sp³-hybridized carbons (Fsp3) is 0.400. The zero-order chi connectivity index (χ0) is 17.5. The summed E-state index contributed by atoms with van der Waals surface area (Å²) in [5.41, 5.74) is 1.96. The number of amides is 1. The Labute approximate surface area is 144 Å². The average molecular weight is 349 g/mol. The van der Waals surface area contributed by atoms with Crippen LogP contribution in [0, 0.1) is 6.92 Å². The van der Waals surface area contributed by atoms with Gasteiger partial charge in [-0.1, -0.05) is 29.5 Å². The Morgan fingerprint density at radius 3 is 2.67 bits per heavy atom. The van der Waals surface area contributed by atoms with Crippen LogP contribution in [0.4, 0.5) is 0 Å². The molecule has 2 rings (SSSR count). The third-order valence-electron chi connectivity index (χ3n) is 3.14. The molecule has 0 aliphatic carbocycles. The van der Waals surface area contributed by atoms with Crippen molar-refractivity contribution in [3.8, 4) is 5.69 Å². The lowest BCUT2D eigenvalue weighted by Gasteiger charge is -2.15. The van der Waals surface area contributed by atoms with Crippen LogP contribution in [0.3, 0.4) is 0 Å². The second kappa shape index (κ2) is 8.44. The number of carbonyl (C=O) groups is 2. The molecule has 1 heterocycles. The van der Waals surface area contributed by atoms with Crippen LogP contribution >= 0.6 is 11.8 Å². The number of rotatable bonds is 7. The van der Waals surface area contributed by atoms with Crippen molar-refractivity contribution in [3.63, 3.8) is 0 Å². The number of ether oxygens (including phenoxy) is 1. The van der Waals surface area contributed by atoms with Crippen LogP contribution in [0.25, 0.3) is 5.69 Å². The highest BCUT2D eigenvalue weighted by atomic mass is 32.2. The first-order valence-corrected chi connectivity index (χ1v) is 8.37. The summed E-state index contributed by atoms with van der Waals surface area (Å²) in [5.74, 6) is -0.503. The van der Waals surface area contributed by atoms with Crippen molar-refractivity contribution >= 4 is 23.6 Å². The van der Waals surface area contributed by atoms with Crippen molar-refractivity contribution in [3.05, 3.63) is 29.8 Å². The Morgan fingerprint density at radius 2 is 2.00 bits per heavy atom. The number of carbonyl (C=O) groups excluding carboxylic acids is 2. The standard InChI is InChI=1S/C15H19N5O3S/c1-4-23-14(22)9-19(3)13(21)10-24-15-16-17-18-20(15)12-7-5-11(2)6-8-12/h5-8H,4,9-10H2,1-3H3. The number of aryl methyl sites for hydroxylation is 1. The monoisotopic (exact) mass is 349 g/mol. The molecule has 0 radical (unpaired) electrons. The van der Waals surface area contributed by atoms with Crippen LogP contribution in [-0.4, -0.2) is 62.9 Å². The Morgan fingerprint density at radius 1 is 1.29 bits per heavy atom. The Bertz CT molecular complexity index is 701. The van der Waals surface area contributed by atoms with Crippen molar-refractivity contribution in [2.75, 3.05) is 26.0 Å². The largest absolute Gasteiger partial charge is 0.465 e. The van der Waals surface area contributed by atoms with Gasteiger partial charge in [0, 0.05) is 7.05 Å². The predicted molar refractivity (Wildman–Crippen MR) is 88.9 cm³/mol. The fourth-order valence-electron chi connectivity index (χ4n) is 1.84. The van der Waals surface area contributed by atoms with Crippen LogP contribution in [0.1, 0.15) is 12.5 Å². The van der Waals surface area contributed by atoms with E-state index in [-0.39, 0.29) is 18.2 Å². The number of benzene rings is 1. The van der Waals surface area contributed by atoms with Gasteiger partial charge in [-0.15, -0.1) is 5.10 Å². The maximum Gasteiger partial charge on any atom is 0.325 e. The second-order valence-corrected chi connectivity index (χ2v) is 5.99. The molecule has 2 aromatic rings. The number of hydrogen-bond donors (Lipinski definition) is 0. The molecule has 128 valence electrons. The van der Waals surface area contributed by atoms with Gasteiger partial charge in [0.15, 0.2) is 0 Å². The normalized spacial score (nSPS) is 10.5. The highest BCUT2D eigenvalue weighted by molar-refractivity contribution is 7.99. The lowest BCUT2D eigenvalue weighted by molar-refractivity contribution is -0.147. The smallest absolute Gasteiger partial charge is 0.325 e. The Balaban J connectivity index is 1.95. The maximum atomic E-state index is 12.1. The molecular formula is C15H19N5O3S. The van der Waals surface area contributed by atoms with Crippen LogP contribution in [-0.2, 0) is 14.3 Å². The number of hydrogen-bond acceptors (Lipinski definition) is 7. The molecule has 0 fully saturated rings. The molecule has 0 spiro atoms. The molecule has 0 unspecified atom stereocenters. The lowest BCUT2D eigenvalue weighted by atomic mass is 10.2. The van der Waals surface area contributed by atoms with Crippen LogP contribution in [0.2, 0.25) is 0 Å². The van der Waals surface area contributed by atoms with Crippen molar-refractivity contribution in [2.45, 2.75) is 19.0 Å². The van der Waals surface area contributed by atoms with E-state index in [4.69, 9.17) is 4.74 Å². The molecule has 1 aromatic heterocycles. The minimum absolute atomic E-state index is 0.0733. The van der Waals surface area contributed by atoms with Gasteiger partial charge in [0.2, 0.25) is 11.1 Å². The molecule has 0 N–H and O–H groups in total. The van der Waals surface area contributed by atoms with Crippen molar-refractivity contribution in [2.24, 2.45) is 0 Å². The van der Waals surface area contributed by atoms with Gasteiger partial charge >= 0.3 is 5.97 Å². The minimum atomic E-state index is -0.428. The quantitative estimate of drug-likeness (QED) is 0.546. The summed E-state index contributed by atoms with van der Waals surface area (Å²) in [6.07, 6.45) is 0. The lowest BCUT2D eigenvalue weighted by Crippen LogP contribution is -2.34. The molecule has 0 atom stereocenters. The molecule has 0 bridgehead atoms. The van der Waals surface area contributed by atoms with E-state index in [1.165, 1.54) is 16.7 Å². The molecule has 0 saturated carbocycles. The molecule has 0 aliphatic heterocycles. The first kappa shape index (κ1) is 17.9. The van der Waals surface area contributed by atoms with E-state index in [2.05, 4.69) is 15.5 Å². The van der Waals surface area contributed by atoms with Gasteiger partial charge in [-0.05, 0) is 36.4 Å². The summed E-state index contributed by atoms with van der Waals surface area (Å²) in [6.45, 7) is 3.94. The first-order chi connectivity index (χ1) is 11.5. The molecular weight excluding hydrogens is 330 g/mol. The molecule has 9 heteroatoms. The fourth-order valence-corrected chi connectivity index (χ4v) is 2.67. The van der Waals surface area contributed by atoms with Gasteiger partial charge in [-0.2, -0.15) is 4.68 Å². The first-order valence-electron chi connectivity index (χ1n) is 7.39. The number of tetrazole rings is 1. The second-order valence-electron chi connectivity index (χ2n) is 5.05. The van der Waals surface area contributed by atoms with E-state index >= 15 is 0 Å². The highest BCUT2D eigenvalue weighted by Crippen LogP contribution is 2.18. The van der Waals surface area contributed by atoms with E-state index in [0.29, 0.717) is 11.8 Å². The van der Waals surface area contributed by atoms with Gasteiger partial charge in [-0.3, -0.25) is 9.59 Å². The van der Waals surface area contributed by atoms with Crippen LogP contribution in [0.5, 0.6) is 0 Å². The van der Waals surface area contributed by atoms with Gasteiger partial charge in [0.05, 0.1) is 18.0 Å². The van der Waals surface area contributed by atoms with Crippen molar-refractivity contribution in [1.82, 2.24) is 25.1 Å². The average Bonchev–Trinajstić information content (AvgIpc) is 3.02. The summed E-state index contributed by atoms with van der Waals surface area (Å²) in [4.78, 5) is 24.8. The zero-order valence-electron chi connectivity index (χ0n) is 13.8. The van der Waals surface area contributed by atoms with E-state index in [9.17, 15) is 9.59 Å². The molecule has 1 aromatic carbocycles. The van der Waals surface area contributed by atoms with Gasteiger partial charge in [0.25, 0.3) is 0 Å². The number of nitrogens with zero attached hydrogens (tertiary/aromatic N) is 5. The summed E-state index contributed by atoms with van der Waals surface area (Å²) in [7, 11) is 1.56. The summed E-state index contributed by atoms with van der Waals surface area (Å²) < 4.78 is 6.40. The van der Waals surface area contributed by atoms with Crippen LogP contribution < -0.4 is 0 Å². The Kier molecular flexibility index (Phi) is 6.30. The molecule has 8 nitrogen and oxygen atoms in total. The molecule has 0 aliphatic rings. The van der Waals surface area contributed by atoms with E-state index in [1.807, 2.05) is 31.2 Å². The predicted octanol–water partition coefficient (Wildman–Crippen LogP) is 1.08. The molecule has 1 amide bonds. The van der Waals surface area contributed by atoms with Gasteiger partial charge < -0.3 is 9.64 Å². The maximum absolute atomic E-state index is 12.1. The SMILES string of the molecule is CCOC(=O)CN(C)C(=O)CSc1nnnn1-c1ccc(C)cc1. The number of aromatic nitrogens is 4. The minimum Gasteiger partial charge on any atom is -0.465 e. The third-order valence-corrected chi connectivity index (χ3v) is 4.05. The van der Waals surface area contributed by atoms with E-state index in [0.717, 1.165) is 11.3 Å². The highest BCUT2D eigenvalue weighted by Gasteiger charge is 2.16.